The number of nitrogens with one attached hydrogen (secondary N) is 1. The van der Waals surface area contributed by atoms with Gasteiger partial charge < -0.3 is 16.8 Å². The minimum absolute atomic E-state index is 0.0547. The molecule has 19 heavy (non-hydrogen) atoms. The van der Waals surface area contributed by atoms with E-state index in [1.165, 1.54) is 18.5 Å². The lowest BCUT2D eigenvalue weighted by Crippen LogP contribution is -2.14. The van der Waals surface area contributed by atoms with Crippen molar-refractivity contribution in [2.45, 2.75) is 0 Å². The van der Waals surface area contributed by atoms with Crippen LogP contribution in [0.2, 0.25) is 10.2 Å². The van der Waals surface area contributed by atoms with Crippen LogP contribution in [0.3, 0.4) is 0 Å². The fraction of sp³-hybridized carbons (Fsp3) is 0. The van der Waals surface area contributed by atoms with Gasteiger partial charge in [0, 0.05) is 16.9 Å². The summed E-state index contributed by atoms with van der Waals surface area (Å²) >= 11 is 11.6. The summed E-state index contributed by atoms with van der Waals surface area (Å²) in [6.07, 6.45) is 1.19. The molecule has 1 aromatic carbocycles. The van der Waals surface area contributed by atoms with Crippen LogP contribution >= 0.6 is 23.2 Å². The average Bonchev–Trinajstić information content (AvgIpc) is 2.33. The summed E-state index contributed by atoms with van der Waals surface area (Å²) in [6.45, 7) is 0. The Morgan fingerprint density at radius 2 is 1.74 bits per heavy atom. The molecule has 2 aromatic rings. The Kier molecular flexibility index (Phi) is 3.73. The smallest absolute Gasteiger partial charge is 0.257 e. The van der Waals surface area contributed by atoms with Crippen molar-refractivity contribution in [2.24, 2.45) is 0 Å². The van der Waals surface area contributed by atoms with E-state index < -0.39 is 5.91 Å². The van der Waals surface area contributed by atoms with E-state index in [1.807, 2.05) is 0 Å². The molecule has 0 saturated carbocycles. The SMILES string of the molecule is Nc1cc(N)cc(C(=O)Nc2ncnc(Cl)c2Cl)c1. The number of amides is 1. The average molecular weight is 298 g/mol. The van der Waals surface area contributed by atoms with Crippen LogP contribution < -0.4 is 16.8 Å². The van der Waals surface area contributed by atoms with E-state index in [0.29, 0.717) is 16.9 Å². The lowest BCUT2D eigenvalue weighted by atomic mass is 10.1. The van der Waals surface area contributed by atoms with Crippen LogP contribution in [0.25, 0.3) is 0 Å². The predicted octanol–water partition coefficient (Wildman–Crippen LogP) is 2.20. The van der Waals surface area contributed by atoms with Crippen LogP contribution in [-0.2, 0) is 0 Å². The number of rotatable bonds is 2. The van der Waals surface area contributed by atoms with E-state index in [-0.39, 0.29) is 16.0 Å². The Morgan fingerprint density at radius 1 is 1.11 bits per heavy atom. The Morgan fingerprint density at radius 3 is 2.37 bits per heavy atom. The third-order valence-corrected chi connectivity index (χ3v) is 2.96. The van der Waals surface area contributed by atoms with Gasteiger partial charge in [0.15, 0.2) is 11.0 Å². The fourth-order valence-electron chi connectivity index (χ4n) is 1.42. The number of halogens is 2. The quantitative estimate of drug-likeness (QED) is 0.582. The minimum Gasteiger partial charge on any atom is -0.399 e. The summed E-state index contributed by atoms with van der Waals surface area (Å²) in [4.78, 5) is 19.5. The number of nitrogen functional groups attached to an aromatic ring is 2. The third-order valence-electron chi connectivity index (χ3n) is 2.22. The topological polar surface area (TPSA) is 107 Å². The number of benzene rings is 1. The zero-order chi connectivity index (χ0) is 14.0. The molecule has 0 atom stereocenters. The maximum absolute atomic E-state index is 12.0. The Labute approximate surface area is 118 Å². The lowest BCUT2D eigenvalue weighted by molar-refractivity contribution is 0.102. The van der Waals surface area contributed by atoms with Crippen molar-refractivity contribution in [3.8, 4) is 0 Å². The van der Waals surface area contributed by atoms with Crippen LogP contribution in [0.15, 0.2) is 24.5 Å². The van der Waals surface area contributed by atoms with Gasteiger partial charge in [-0.2, -0.15) is 0 Å². The maximum Gasteiger partial charge on any atom is 0.257 e. The van der Waals surface area contributed by atoms with Crippen LogP contribution in [0.1, 0.15) is 10.4 Å². The van der Waals surface area contributed by atoms with Crippen molar-refractivity contribution >= 4 is 46.3 Å². The molecule has 0 fully saturated rings. The van der Waals surface area contributed by atoms with Gasteiger partial charge in [-0.1, -0.05) is 23.2 Å². The summed E-state index contributed by atoms with van der Waals surface area (Å²) < 4.78 is 0. The van der Waals surface area contributed by atoms with Crippen molar-refractivity contribution in [1.29, 1.82) is 0 Å². The molecule has 0 bridgehead atoms. The van der Waals surface area contributed by atoms with E-state index in [1.54, 1.807) is 6.07 Å². The molecule has 98 valence electrons. The minimum atomic E-state index is -0.448. The molecule has 0 saturated heterocycles. The van der Waals surface area contributed by atoms with Gasteiger partial charge in [0.1, 0.15) is 11.3 Å². The van der Waals surface area contributed by atoms with Crippen molar-refractivity contribution in [3.05, 3.63) is 40.3 Å². The van der Waals surface area contributed by atoms with Gasteiger partial charge in [-0.3, -0.25) is 4.79 Å². The van der Waals surface area contributed by atoms with Crippen LogP contribution in [0.4, 0.5) is 17.2 Å². The highest BCUT2D eigenvalue weighted by molar-refractivity contribution is 6.43. The Hall–Kier alpha value is -2.05. The van der Waals surface area contributed by atoms with Crippen LogP contribution in [0, 0.1) is 0 Å². The number of hydrogen-bond acceptors (Lipinski definition) is 5. The largest absolute Gasteiger partial charge is 0.399 e. The van der Waals surface area contributed by atoms with E-state index in [4.69, 9.17) is 34.7 Å². The van der Waals surface area contributed by atoms with E-state index in [2.05, 4.69) is 15.3 Å². The van der Waals surface area contributed by atoms with Crippen molar-refractivity contribution in [2.75, 3.05) is 16.8 Å². The Balaban J connectivity index is 2.28. The van der Waals surface area contributed by atoms with Crippen molar-refractivity contribution in [3.63, 3.8) is 0 Å². The highest BCUT2D eigenvalue weighted by atomic mass is 35.5. The summed E-state index contributed by atoms with van der Waals surface area (Å²) in [5.41, 5.74) is 12.3. The maximum atomic E-state index is 12.0. The zero-order valence-electron chi connectivity index (χ0n) is 9.52. The highest BCUT2D eigenvalue weighted by Gasteiger charge is 2.13. The lowest BCUT2D eigenvalue weighted by Gasteiger charge is -2.07. The normalized spacial score (nSPS) is 10.2. The molecule has 0 radical (unpaired) electrons. The van der Waals surface area contributed by atoms with E-state index in [0.717, 1.165) is 0 Å². The van der Waals surface area contributed by atoms with Crippen molar-refractivity contribution < 1.29 is 4.79 Å². The van der Waals surface area contributed by atoms with Gasteiger partial charge >= 0.3 is 0 Å². The van der Waals surface area contributed by atoms with Gasteiger partial charge in [0.05, 0.1) is 0 Å². The van der Waals surface area contributed by atoms with E-state index in [9.17, 15) is 4.79 Å². The third kappa shape index (κ3) is 3.04. The molecule has 1 amide bonds. The molecule has 1 aromatic heterocycles. The van der Waals surface area contributed by atoms with Gasteiger partial charge in [-0.05, 0) is 18.2 Å². The first kappa shape index (κ1) is 13.4. The molecule has 0 aliphatic carbocycles. The first-order valence-electron chi connectivity index (χ1n) is 5.11. The molecule has 8 heteroatoms. The number of nitrogens with two attached hydrogens (primary N) is 2. The van der Waals surface area contributed by atoms with E-state index >= 15 is 0 Å². The highest BCUT2D eigenvalue weighted by Crippen LogP contribution is 2.26. The summed E-state index contributed by atoms with van der Waals surface area (Å²) in [6, 6.07) is 4.52. The fourth-order valence-corrected chi connectivity index (χ4v) is 1.70. The molecule has 0 unspecified atom stereocenters. The molecule has 0 aliphatic rings. The van der Waals surface area contributed by atoms with Gasteiger partial charge in [-0.15, -0.1) is 0 Å². The first-order chi connectivity index (χ1) is 8.97. The summed E-state index contributed by atoms with van der Waals surface area (Å²) in [7, 11) is 0. The number of anilines is 3. The molecule has 1 heterocycles. The summed E-state index contributed by atoms with van der Waals surface area (Å²) in [5.74, 6) is -0.330. The molecule has 0 spiro atoms. The zero-order valence-corrected chi connectivity index (χ0v) is 11.0. The molecular formula is C11H9Cl2N5O. The van der Waals surface area contributed by atoms with Crippen LogP contribution in [0.5, 0.6) is 0 Å². The first-order valence-corrected chi connectivity index (χ1v) is 5.86. The second-order valence-corrected chi connectivity index (χ2v) is 4.41. The predicted molar refractivity (Wildman–Crippen MR) is 75.3 cm³/mol. The molecule has 0 aliphatic heterocycles. The number of carbonyl (C=O) groups is 1. The molecular weight excluding hydrogens is 289 g/mol. The van der Waals surface area contributed by atoms with Gasteiger partial charge in [0.25, 0.3) is 5.91 Å². The standard InChI is InChI=1S/C11H9Cl2N5O/c12-8-9(13)16-4-17-10(8)18-11(19)5-1-6(14)3-7(15)2-5/h1-4H,14-15H2,(H,16,17,18,19). The van der Waals surface area contributed by atoms with Gasteiger partial charge in [0.2, 0.25) is 0 Å². The van der Waals surface area contributed by atoms with Crippen molar-refractivity contribution in [1.82, 2.24) is 9.97 Å². The number of aromatic nitrogens is 2. The second-order valence-electron chi connectivity index (χ2n) is 3.67. The van der Waals surface area contributed by atoms with Crippen LogP contribution in [-0.4, -0.2) is 15.9 Å². The van der Waals surface area contributed by atoms with Gasteiger partial charge in [-0.25, -0.2) is 9.97 Å². The second kappa shape index (κ2) is 5.29. The number of hydrogen-bond donors (Lipinski definition) is 3. The summed E-state index contributed by atoms with van der Waals surface area (Å²) in [5, 5.41) is 2.62. The molecule has 5 N–H and O–H groups in total. The monoisotopic (exact) mass is 297 g/mol. The molecule has 6 nitrogen and oxygen atoms in total. The number of carbonyl (C=O) groups excluding carboxylic acids is 1. The number of nitrogens with zero attached hydrogens (tertiary/aromatic N) is 2. The Bertz CT molecular complexity index is 627. The molecule has 2 rings (SSSR count).